The first-order valence-electron chi connectivity index (χ1n) is 10.7. The van der Waals surface area contributed by atoms with Gasteiger partial charge in [-0.1, -0.05) is 6.07 Å². The second-order valence-electron chi connectivity index (χ2n) is 8.55. The number of aromatic carboxylic acids is 1. The summed E-state index contributed by atoms with van der Waals surface area (Å²) in [6.07, 6.45) is 6.34. The normalized spacial score (nSPS) is 30.1. The molecule has 2 aromatic rings. The summed E-state index contributed by atoms with van der Waals surface area (Å²) >= 11 is 1.37. The molecule has 3 aliphatic rings. The van der Waals surface area contributed by atoms with Gasteiger partial charge in [-0.05, 0) is 61.3 Å². The summed E-state index contributed by atoms with van der Waals surface area (Å²) in [5.74, 6) is 0.641. The number of carboxylic acid groups (broad SMARTS) is 1. The van der Waals surface area contributed by atoms with E-state index >= 15 is 0 Å². The van der Waals surface area contributed by atoms with Crippen molar-refractivity contribution >= 4 is 17.3 Å². The molecule has 5 rings (SSSR count). The topological polar surface area (TPSA) is 77.9 Å². The smallest absolute Gasteiger partial charge is 0.355 e. The van der Waals surface area contributed by atoms with Gasteiger partial charge in [-0.3, -0.25) is 0 Å². The van der Waals surface area contributed by atoms with Gasteiger partial charge in [0, 0.05) is 24.8 Å². The molecule has 30 heavy (non-hydrogen) atoms. The number of rotatable bonds is 6. The molecule has 0 unspecified atom stereocenters. The van der Waals surface area contributed by atoms with E-state index in [1.165, 1.54) is 35.3 Å². The van der Waals surface area contributed by atoms with Gasteiger partial charge in [-0.25, -0.2) is 9.78 Å². The van der Waals surface area contributed by atoms with Gasteiger partial charge in [0.25, 0.3) is 0 Å². The predicted octanol–water partition coefficient (Wildman–Crippen LogP) is 4.28. The van der Waals surface area contributed by atoms with Crippen LogP contribution in [-0.2, 0) is 22.3 Å². The number of benzene rings is 1. The van der Waals surface area contributed by atoms with Gasteiger partial charge >= 0.3 is 5.97 Å². The van der Waals surface area contributed by atoms with Crippen molar-refractivity contribution in [2.75, 3.05) is 13.7 Å². The lowest BCUT2D eigenvalue weighted by atomic mass is 9.87. The molecule has 160 valence electrons. The zero-order chi connectivity index (χ0) is 20.7. The number of thiazole rings is 1. The SMILES string of the molecule is CO[C@@H]1C[C@@H]2O[C@@H](c3nc(C(=O)O)cs3)CC[C@@H]2[C@H]1COc1ccc2c(c1)CCC2. The Morgan fingerprint density at radius 3 is 2.97 bits per heavy atom. The van der Waals surface area contributed by atoms with Crippen molar-refractivity contribution in [1.29, 1.82) is 0 Å². The third-order valence-corrected chi connectivity index (χ3v) is 7.84. The average molecular weight is 430 g/mol. The molecule has 1 aliphatic heterocycles. The highest BCUT2D eigenvalue weighted by molar-refractivity contribution is 7.09. The maximum absolute atomic E-state index is 11.1. The van der Waals surface area contributed by atoms with Gasteiger partial charge < -0.3 is 19.3 Å². The van der Waals surface area contributed by atoms with E-state index in [9.17, 15) is 4.79 Å². The lowest BCUT2D eigenvalue weighted by Crippen LogP contribution is -2.33. The molecule has 5 atom stereocenters. The molecule has 0 spiro atoms. The zero-order valence-corrected chi connectivity index (χ0v) is 17.9. The monoisotopic (exact) mass is 429 g/mol. The summed E-state index contributed by atoms with van der Waals surface area (Å²) in [4.78, 5) is 15.4. The van der Waals surface area contributed by atoms with E-state index in [1.807, 2.05) is 0 Å². The number of aryl methyl sites for hydroxylation is 2. The second kappa shape index (κ2) is 8.29. The van der Waals surface area contributed by atoms with Crippen molar-refractivity contribution in [3.8, 4) is 5.75 Å². The maximum atomic E-state index is 11.1. The summed E-state index contributed by atoms with van der Waals surface area (Å²) in [5, 5.41) is 11.5. The van der Waals surface area contributed by atoms with Crippen LogP contribution in [0.25, 0.3) is 0 Å². The highest BCUT2D eigenvalue weighted by atomic mass is 32.1. The number of hydrogen-bond donors (Lipinski definition) is 1. The molecule has 7 heteroatoms. The Balaban J connectivity index is 1.24. The van der Waals surface area contributed by atoms with E-state index in [1.54, 1.807) is 12.5 Å². The van der Waals surface area contributed by atoms with Gasteiger partial charge in [-0.15, -0.1) is 11.3 Å². The minimum absolute atomic E-state index is 0.0968. The lowest BCUT2D eigenvalue weighted by Gasteiger charge is -2.34. The van der Waals surface area contributed by atoms with Crippen LogP contribution in [0.2, 0.25) is 0 Å². The Kier molecular flexibility index (Phi) is 5.52. The van der Waals surface area contributed by atoms with Crippen LogP contribution in [0.5, 0.6) is 5.75 Å². The third kappa shape index (κ3) is 3.74. The summed E-state index contributed by atoms with van der Waals surface area (Å²) < 4.78 is 18.4. The van der Waals surface area contributed by atoms with E-state index in [0.717, 1.165) is 36.4 Å². The molecule has 1 saturated carbocycles. The summed E-state index contributed by atoms with van der Waals surface area (Å²) in [6.45, 7) is 0.632. The van der Waals surface area contributed by atoms with Crippen LogP contribution in [0.4, 0.5) is 0 Å². The van der Waals surface area contributed by atoms with Crippen LogP contribution in [0.1, 0.15) is 58.4 Å². The van der Waals surface area contributed by atoms with Gasteiger partial charge in [0.05, 0.1) is 18.8 Å². The van der Waals surface area contributed by atoms with Crippen LogP contribution in [-0.4, -0.2) is 42.0 Å². The van der Waals surface area contributed by atoms with Crippen molar-refractivity contribution in [3.63, 3.8) is 0 Å². The molecule has 6 nitrogen and oxygen atoms in total. The molecule has 1 aromatic carbocycles. The van der Waals surface area contributed by atoms with Gasteiger partial charge in [-0.2, -0.15) is 0 Å². The fraction of sp³-hybridized carbons (Fsp3) is 0.565. The van der Waals surface area contributed by atoms with E-state index < -0.39 is 5.97 Å². The molecule has 0 bridgehead atoms. The molecule has 0 radical (unpaired) electrons. The Bertz CT molecular complexity index is 928. The molecule has 1 aromatic heterocycles. The summed E-state index contributed by atoms with van der Waals surface area (Å²) in [7, 11) is 1.77. The Labute approximate surface area is 180 Å². The van der Waals surface area contributed by atoms with E-state index in [0.29, 0.717) is 18.4 Å². The number of nitrogens with zero attached hydrogens (tertiary/aromatic N) is 1. The molecule has 0 amide bonds. The fourth-order valence-corrected chi connectivity index (χ4v) is 6.22. The first-order valence-corrected chi connectivity index (χ1v) is 11.6. The van der Waals surface area contributed by atoms with Crippen LogP contribution >= 0.6 is 11.3 Å². The summed E-state index contributed by atoms with van der Waals surface area (Å²) in [6, 6.07) is 6.50. The predicted molar refractivity (Wildman–Crippen MR) is 112 cm³/mol. The number of hydrogen-bond acceptors (Lipinski definition) is 6. The minimum atomic E-state index is -0.990. The van der Waals surface area contributed by atoms with Crippen molar-refractivity contribution < 1.29 is 24.1 Å². The van der Waals surface area contributed by atoms with E-state index in [4.69, 9.17) is 19.3 Å². The summed E-state index contributed by atoms with van der Waals surface area (Å²) in [5.41, 5.74) is 2.98. The number of ether oxygens (including phenoxy) is 3. The number of fused-ring (bicyclic) bond motifs is 2. The molecular weight excluding hydrogens is 402 g/mol. The van der Waals surface area contributed by atoms with Gasteiger partial charge in [0.1, 0.15) is 16.9 Å². The fourth-order valence-electron chi connectivity index (χ4n) is 5.36. The molecule has 2 fully saturated rings. The van der Waals surface area contributed by atoms with Crippen LogP contribution in [0.15, 0.2) is 23.6 Å². The number of methoxy groups -OCH3 is 1. The lowest BCUT2D eigenvalue weighted by molar-refractivity contribution is -0.0811. The molecule has 1 N–H and O–H groups in total. The van der Waals surface area contributed by atoms with Crippen molar-refractivity contribution in [2.45, 2.75) is 56.8 Å². The number of carbonyl (C=O) groups is 1. The molecule has 1 saturated heterocycles. The van der Waals surface area contributed by atoms with Crippen molar-refractivity contribution in [2.24, 2.45) is 11.8 Å². The molecule has 2 aliphatic carbocycles. The highest BCUT2D eigenvalue weighted by Gasteiger charge is 2.48. The van der Waals surface area contributed by atoms with Crippen LogP contribution in [0, 0.1) is 11.8 Å². The highest BCUT2D eigenvalue weighted by Crippen LogP contribution is 2.47. The third-order valence-electron chi connectivity index (χ3n) is 6.90. The first-order chi connectivity index (χ1) is 14.6. The molecular formula is C23H27NO5S. The quantitative estimate of drug-likeness (QED) is 0.739. The van der Waals surface area contributed by atoms with Gasteiger partial charge in [0.2, 0.25) is 0 Å². The van der Waals surface area contributed by atoms with Crippen LogP contribution < -0.4 is 4.74 Å². The Hall–Kier alpha value is -1.96. The second-order valence-corrected chi connectivity index (χ2v) is 9.44. The Morgan fingerprint density at radius 2 is 2.17 bits per heavy atom. The maximum Gasteiger partial charge on any atom is 0.355 e. The van der Waals surface area contributed by atoms with Gasteiger partial charge in [0.15, 0.2) is 5.69 Å². The molecule has 2 heterocycles. The standard InChI is InChI=1S/C23H27NO5S/c1-27-20-10-21-16(7-8-19(29-21)22-24-18(12-30-22)23(25)26)17(20)11-28-15-6-5-13-3-2-4-14(13)9-15/h5-6,9,12,16-17,19-21H,2-4,7-8,10-11H2,1H3,(H,25,26)/t16-,17-,19-,20-,21+/m1/s1. The number of aromatic nitrogens is 1. The first kappa shape index (κ1) is 20.0. The van der Waals surface area contributed by atoms with Crippen molar-refractivity contribution in [3.05, 3.63) is 45.4 Å². The average Bonchev–Trinajstić information content (AvgIpc) is 3.49. The van der Waals surface area contributed by atoms with E-state index in [-0.39, 0.29) is 24.0 Å². The van der Waals surface area contributed by atoms with Crippen molar-refractivity contribution in [1.82, 2.24) is 4.98 Å². The van der Waals surface area contributed by atoms with Crippen LogP contribution in [0.3, 0.4) is 0 Å². The minimum Gasteiger partial charge on any atom is -0.493 e. The zero-order valence-electron chi connectivity index (χ0n) is 17.1. The number of carboxylic acids is 1. The largest absolute Gasteiger partial charge is 0.493 e. The van der Waals surface area contributed by atoms with E-state index in [2.05, 4.69) is 23.2 Å². The Morgan fingerprint density at radius 1 is 1.30 bits per heavy atom.